The summed E-state index contributed by atoms with van der Waals surface area (Å²) in [6.07, 6.45) is -0.608. The molecule has 2 rings (SSSR count). The lowest BCUT2D eigenvalue weighted by molar-refractivity contribution is 0.155. The van der Waals surface area contributed by atoms with Crippen LogP contribution in [-0.2, 0) is 11.3 Å². The van der Waals surface area contributed by atoms with Crippen molar-refractivity contribution in [2.45, 2.75) is 13.5 Å². The van der Waals surface area contributed by atoms with E-state index in [0.29, 0.717) is 6.61 Å². The van der Waals surface area contributed by atoms with Crippen LogP contribution in [0.1, 0.15) is 12.5 Å². The zero-order chi connectivity index (χ0) is 13.5. The molecule has 0 aliphatic rings. The first-order valence-corrected chi connectivity index (χ1v) is 5.81. The van der Waals surface area contributed by atoms with Gasteiger partial charge in [0.1, 0.15) is 6.61 Å². The summed E-state index contributed by atoms with van der Waals surface area (Å²) in [5, 5.41) is 8.69. The molecule has 7 heteroatoms. The van der Waals surface area contributed by atoms with Crippen molar-refractivity contribution < 1.29 is 14.3 Å². The number of hydrogen-bond acceptors (Lipinski definition) is 5. The Hall–Kier alpha value is -2.57. The van der Waals surface area contributed by atoms with E-state index >= 15 is 0 Å². The van der Waals surface area contributed by atoms with Crippen molar-refractivity contribution >= 4 is 12.0 Å². The molecule has 7 nitrogen and oxygen atoms in total. The Bertz CT molecular complexity index is 527. The Morgan fingerprint density at radius 1 is 1.37 bits per heavy atom. The minimum atomic E-state index is -0.608. The van der Waals surface area contributed by atoms with Crippen molar-refractivity contribution in [3.8, 4) is 6.01 Å². The molecule has 100 valence electrons. The summed E-state index contributed by atoms with van der Waals surface area (Å²) in [6, 6.07) is 9.57. The van der Waals surface area contributed by atoms with Gasteiger partial charge in [-0.2, -0.15) is 4.98 Å². The highest BCUT2D eigenvalue weighted by atomic mass is 16.5. The van der Waals surface area contributed by atoms with Crippen molar-refractivity contribution in [1.29, 1.82) is 0 Å². The standard InChI is InChI=1S/C12H14N4O3/c1-2-18-11-13-10(15-16-11)14-12(17)19-8-9-6-4-3-5-7-9/h3-7H,2,8H2,1H3,(H2,13,14,15,16,17). The summed E-state index contributed by atoms with van der Waals surface area (Å²) in [4.78, 5) is 15.4. The molecule has 1 aromatic heterocycles. The number of aromatic amines is 1. The van der Waals surface area contributed by atoms with Crippen molar-refractivity contribution in [1.82, 2.24) is 15.2 Å². The van der Waals surface area contributed by atoms with Crippen LogP contribution in [0.4, 0.5) is 10.7 Å². The first-order valence-electron chi connectivity index (χ1n) is 5.81. The minimum absolute atomic E-state index is 0.181. The average Bonchev–Trinajstić information content (AvgIpc) is 2.85. The lowest BCUT2D eigenvalue weighted by Crippen LogP contribution is -2.14. The van der Waals surface area contributed by atoms with Crippen LogP contribution < -0.4 is 10.1 Å². The van der Waals surface area contributed by atoms with Gasteiger partial charge in [0.25, 0.3) is 0 Å². The fraction of sp³-hybridized carbons (Fsp3) is 0.250. The largest absolute Gasteiger partial charge is 0.463 e. The Morgan fingerprint density at radius 3 is 2.89 bits per heavy atom. The summed E-state index contributed by atoms with van der Waals surface area (Å²) < 4.78 is 10.1. The van der Waals surface area contributed by atoms with Crippen molar-refractivity contribution in [3.63, 3.8) is 0 Å². The second-order valence-corrected chi connectivity index (χ2v) is 3.59. The number of carbonyl (C=O) groups excluding carboxylic acids is 1. The fourth-order valence-electron chi connectivity index (χ4n) is 1.35. The SMILES string of the molecule is CCOc1n[nH]c(NC(=O)OCc2ccccc2)n1. The molecule has 0 aliphatic heterocycles. The smallest absolute Gasteiger partial charge is 0.414 e. The number of rotatable bonds is 5. The maximum atomic E-state index is 11.5. The van der Waals surface area contributed by atoms with Gasteiger partial charge in [-0.3, -0.25) is 5.32 Å². The van der Waals surface area contributed by atoms with Crippen LogP contribution >= 0.6 is 0 Å². The van der Waals surface area contributed by atoms with E-state index in [1.807, 2.05) is 37.3 Å². The van der Waals surface area contributed by atoms with Gasteiger partial charge in [0.05, 0.1) is 6.61 Å². The number of carbonyl (C=O) groups is 1. The first-order chi connectivity index (χ1) is 9.28. The lowest BCUT2D eigenvalue weighted by atomic mass is 10.2. The number of anilines is 1. The molecule has 0 aliphatic carbocycles. The molecule has 2 N–H and O–H groups in total. The van der Waals surface area contributed by atoms with Crippen LogP contribution in [0.2, 0.25) is 0 Å². The minimum Gasteiger partial charge on any atom is -0.463 e. The van der Waals surface area contributed by atoms with E-state index in [-0.39, 0.29) is 18.6 Å². The number of H-pyrrole nitrogens is 1. The highest BCUT2D eigenvalue weighted by Crippen LogP contribution is 2.06. The third-order valence-corrected chi connectivity index (χ3v) is 2.17. The van der Waals surface area contributed by atoms with Crippen LogP contribution in [0.5, 0.6) is 6.01 Å². The van der Waals surface area contributed by atoms with E-state index in [2.05, 4.69) is 20.5 Å². The van der Waals surface area contributed by atoms with Crippen LogP contribution in [0.3, 0.4) is 0 Å². The second-order valence-electron chi connectivity index (χ2n) is 3.59. The molecule has 0 fully saturated rings. The predicted molar refractivity (Wildman–Crippen MR) is 67.8 cm³/mol. The predicted octanol–water partition coefficient (Wildman–Crippen LogP) is 1.95. The molecule has 1 amide bonds. The van der Waals surface area contributed by atoms with E-state index in [0.717, 1.165) is 5.56 Å². The maximum absolute atomic E-state index is 11.5. The summed E-state index contributed by atoms with van der Waals surface area (Å²) >= 11 is 0. The van der Waals surface area contributed by atoms with Crippen LogP contribution in [0.25, 0.3) is 0 Å². The number of benzene rings is 1. The molecule has 0 unspecified atom stereocenters. The Kier molecular flexibility index (Phi) is 4.33. The van der Waals surface area contributed by atoms with Gasteiger partial charge < -0.3 is 9.47 Å². The molecule has 0 radical (unpaired) electrons. The molecular formula is C12H14N4O3. The molecule has 2 aromatic rings. The fourth-order valence-corrected chi connectivity index (χ4v) is 1.35. The number of aromatic nitrogens is 3. The third-order valence-electron chi connectivity index (χ3n) is 2.17. The molecule has 1 aromatic carbocycles. The molecule has 0 atom stereocenters. The van der Waals surface area contributed by atoms with Gasteiger partial charge in [0.15, 0.2) is 0 Å². The van der Waals surface area contributed by atoms with Crippen molar-refractivity contribution in [2.24, 2.45) is 0 Å². The molecule has 19 heavy (non-hydrogen) atoms. The second kappa shape index (κ2) is 6.39. The van der Waals surface area contributed by atoms with Gasteiger partial charge in [0, 0.05) is 0 Å². The van der Waals surface area contributed by atoms with Crippen molar-refractivity contribution in [3.05, 3.63) is 35.9 Å². The zero-order valence-electron chi connectivity index (χ0n) is 10.4. The monoisotopic (exact) mass is 262 g/mol. The highest BCUT2D eigenvalue weighted by molar-refractivity contribution is 5.82. The van der Waals surface area contributed by atoms with E-state index in [9.17, 15) is 4.79 Å². The summed E-state index contributed by atoms with van der Waals surface area (Å²) in [7, 11) is 0. The van der Waals surface area contributed by atoms with Gasteiger partial charge in [-0.1, -0.05) is 30.3 Å². The summed E-state index contributed by atoms with van der Waals surface area (Å²) in [6.45, 7) is 2.46. The van der Waals surface area contributed by atoms with Gasteiger partial charge in [-0.25, -0.2) is 9.89 Å². The number of ether oxygens (including phenoxy) is 2. The average molecular weight is 262 g/mol. The molecule has 0 saturated heterocycles. The Balaban J connectivity index is 1.80. The Labute approximate surface area is 110 Å². The number of amides is 1. The van der Waals surface area contributed by atoms with E-state index in [1.165, 1.54) is 0 Å². The van der Waals surface area contributed by atoms with Crippen LogP contribution in [-0.4, -0.2) is 27.9 Å². The van der Waals surface area contributed by atoms with Crippen molar-refractivity contribution in [2.75, 3.05) is 11.9 Å². The van der Waals surface area contributed by atoms with Gasteiger partial charge in [-0.05, 0) is 12.5 Å². The van der Waals surface area contributed by atoms with E-state index < -0.39 is 6.09 Å². The van der Waals surface area contributed by atoms with Gasteiger partial charge in [0.2, 0.25) is 5.95 Å². The molecule has 0 bridgehead atoms. The van der Waals surface area contributed by atoms with Gasteiger partial charge in [-0.15, -0.1) is 5.10 Å². The lowest BCUT2D eigenvalue weighted by Gasteiger charge is -2.04. The molecule has 1 heterocycles. The maximum Gasteiger partial charge on any atom is 0.414 e. The number of hydrogen-bond donors (Lipinski definition) is 2. The highest BCUT2D eigenvalue weighted by Gasteiger charge is 2.08. The summed E-state index contributed by atoms with van der Waals surface area (Å²) in [5.74, 6) is 0.182. The van der Waals surface area contributed by atoms with E-state index in [4.69, 9.17) is 9.47 Å². The number of nitrogens with zero attached hydrogens (tertiary/aromatic N) is 2. The Morgan fingerprint density at radius 2 is 2.16 bits per heavy atom. The third kappa shape index (κ3) is 3.98. The van der Waals surface area contributed by atoms with Crippen LogP contribution in [0.15, 0.2) is 30.3 Å². The number of nitrogens with one attached hydrogen (secondary N) is 2. The van der Waals surface area contributed by atoms with Gasteiger partial charge >= 0.3 is 12.1 Å². The normalized spacial score (nSPS) is 9.95. The topological polar surface area (TPSA) is 89.1 Å². The molecule has 0 saturated carbocycles. The molecular weight excluding hydrogens is 248 g/mol. The van der Waals surface area contributed by atoms with Crippen LogP contribution in [0, 0.1) is 0 Å². The molecule has 0 spiro atoms. The summed E-state index contributed by atoms with van der Waals surface area (Å²) in [5.41, 5.74) is 0.908. The van der Waals surface area contributed by atoms with E-state index in [1.54, 1.807) is 0 Å². The zero-order valence-corrected chi connectivity index (χ0v) is 10.4. The first kappa shape index (κ1) is 12.9. The quantitative estimate of drug-likeness (QED) is 0.859.